The molecule has 0 aliphatic carbocycles. The monoisotopic (exact) mass is 338 g/mol. The molecule has 0 N–H and O–H groups in total. The predicted octanol–water partition coefficient (Wildman–Crippen LogP) is 2.13. The zero-order chi connectivity index (χ0) is 17.1. The molecule has 2 fully saturated rings. The quantitative estimate of drug-likeness (QED) is 0.857. The van der Waals surface area contributed by atoms with E-state index in [2.05, 4.69) is 15.0 Å². The Morgan fingerprint density at radius 2 is 2.04 bits per heavy atom. The summed E-state index contributed by atoms with van der Waals surface area (Å²) < 4.78 is 6.06. The number of hydrogen-bond acceptors (Lipinski definition) is 5. The Morgan fingerprint density at radius 1 is 1.24 bits per heavy atom. The van der Waals surface area contributed by atoms with Gasteiger partial charge >= 0.3 is 0 Å². The van der Waals surface area contributed by atoms with Crippen molar-refractivity contribution in [2.24, 2.45) is 5.41 Å². The molecule has 130 valence electrons. The SMILES string of the molecule is O=C(c1ccccn1)N1CCC2(CC1)CO[C@H](Cc1cncnc1)C2. The van der Waals surface area contributed by atoms with E-state index in [0.29, 0.717) is 5.69 Å². The summed E-state index contributed by atoms with van der Waals surface area (Å²) in [6.45, 7) is 2.34. The molecular weight excluding hydrogens is 316 g/mol. The van der Waals surface area contributed by atoms with Gasteiger partial charge in [0.25, 0.3) is 5.91 Å². The Hall–Kier alpha value is -2.34. The lowest BCUT2D eigenvalue weighted by Gasteiger charge is -2.38. The number of nitrogens with zero attached hydrogens (tertiary/aromatic N) is 4. The van der Waals surface area contributed by atoms with Crippen LogP contribution >= 0.6 is 0 Å². The largest absolute Gasteiger partial charge is 0.377 e. The number of piperidine rings is 1. The molecule has 6 heteroatoms. The highest BCUT2D eigenvalue weighted by Gasteiger charge is 2.43. The molecule has 0 aromatic carbocycles. The summed E-state index contributed by atoms with van der Waals surface area (Å²) in [4.78, 5) is 26.8. The summed E-state index contributed by atoms with van der Waals surface area (Å²) >= 11 is 0. The lowest BCUT2D eigenvalue weighted by molar-refractivity contribution is 0.0492. The van der Waals surface area contributed by atoms with E-state index in [4.69, 9.17) is 4.74 Å². The van der Waals surface area contributed by atoms with Crippen molar-refractivity contribution in [3.63, 3.8) is 0 Å². The van der Waals surface area contributed by atoms with Crippen LogP contribution < -0.4 is 0 Å². The number of pyridine rings is 1. The number of carbonyl (C=O) groups is 1. The van der Waals surface area contributed by atoms with Crippen LogP contribution in [-0.4, -0.2) is 51.6 Å². The molecule has 2 saturated heterocycles. The second-order valence-corrected chi connectivity index (χ2v) is 7.10. The van der Waals surface area contributed by atoms with Crippen LogP contribution in [0, 0.1) is 5.41 Å². The number of rotatable bonds is 3. The molecule has 25 heavy (non-hydrogen) atoms. The van der Waals surface area contributed by atoms with E-state index in [1.54, 1.807) is 18.6 Å². The van der Waals surface area contributed by atoms with E-state index in [9.17, 15) is 4.79 Å². The van der Waals surface area contributed by atoms with Gasteiger partial charge in [-0.1, -0.05) is 6.07 Å². The Morgan fingerprint density at radius 3 is 2.76 bits per heavy atom. The van der Waals surface area contributed by atoms with Gasteiger partial charge in [-0.3, -0.25) is 9.78 Å². The van der Waals surface area contributed by atoms with Crippen LogP contribution in [0.4, 0.5) is 0 Å². The number of aromatic nitrogens is 3. The molecule has 0 radical (unpaired) electrons. The van der Waals surface area contributed by atoms with E-state index in [-0.39, 0.29) is 17.4 Å². The number of amides is 1. The summed E-state index contributed by atoms with van der Waals surface area (Å²) in [6, 6.07) is 5.47. The Kier molecular flexibility index (Phi) is 4.44. The van der Waals surface area contributed by atoms with Gasteiger partial charge in [0.05, 0.1) is 12.7 Å². The minimum Gasteiger partial charge on any atom is -0.377 e. The molecule has 2 aliphatic heterocycles. The smallest absolute Gasteiger partial charge is 0.272 e. The van der Waals surface area contributed by atoms with E-state index >= 15 is 0 Å². The first-order valence-electron chi connectivity index (χ1n) is 8.80. The van der Waals surface area contributed by atoms with Gasteiger partial charge in [0.15, 0.2) is 0 Å². The van der Waals surface area contributed by atoms with Crippen LogP contribution in [-0.2, 0) is 11.2 Å². The summed E-state index contributed by atoms with van der Waals surface area (Å²) in [5.41, 5.74) is 1.86. The zero-order valence-electron chi connectivity index (χ0n) is 14.2. The molecular formula is C19H22N4O2. The van der Waals surface area contributed by atoms with Gasteiger partial charge in [0, 0.05) is 38.1 Å². The zero-order valence-corrected chi connectivity index (χ0v) is 14.2. The van der Waals surface area contributed by atoms with Crippen molar-refractivity contribution in [3.05, 3.63) is 54.4 Å². The molecule has 2 aliphatic rings. The second-order valence-electron chi connectivity index (χ2n) is 7.10. The first-order valence-corrected chi connectivity index (χ1v) is 8.80. The molecule has 0 saturated carbocycles. The summed E-state index contributed by atoms with van der Waals surface area (Å²) in [5, 5.41) is 0. The van der Waals surface area contributed by atoms with Gasteiger partial charge in [-0.2, -0.15) is 0 Å². The van der Waals surface area contributed by atoms with Gasteiger partial charge < -0.3 is 9.64 Å². The molecule has 4 rings (SSSR count). The van der Waals surface area contributed by atoms with Crippen molar-refractivity contribution < 1.29 is 9.53 Å². The topological polar surface area (TPSA) is 68.2 Å². The minimum absolute atomic E-state index is 0.0346. The van der Waals surface area contributed by atoms with Crippen molar-refractivity contribution in [3.8, 4) is 0 Å². The third-order valence-electron chi connectivity index (χ3n) is 5.36. The number of ether oxygens (including phenoxy) is 1. The number of likely N-dealkylation sites (tertiary alicyclic amines) is 1. The lowest BCUT2D eigenvalue weighted by Crippen LogP contribution is -2.43. The molecule has 0 bridgehead atoms. The summed E-state index contributed by atoms with van der Waals surface area (Å²) in [7, 11) is 0. The lowest BCUT2D eigenvalue weighted by atomic mass is 9.76. The molecule has 6 nitrogen and oxygen atoms in total. The first-order chi connectivity index (χ1) is 12.2. The molecule has 1 atom stereocenters. The maximum atomic E-state index is 12.5. The fourth-order valence-electron chi connectivity index (χ4n) is 3.91. The summed E-state index contributed by atoms with van der Waals surface area (Å²) in [6.07, 6.45) is 11.1. The Labute approximate surface area is 147 Å². The Bertz CT molecular complexity index is 715. The molecule has 2 aromatic heterocycles. The first kappa shape index (κ1) is 16.1. The molecule has 4 heterocycles. The van der Waals surface area contributed by atoms with Crippen molar-refractivity contribution in [2.45, 2.75) is 31.8 Å². The van der Waals surface area contributed by atoms with Gasteiger partial charge in [-0.05, 0) is 42.4 Å². The minimum atomic E-state index is 0.0346. The maximum Gasteiger partial charge on any atom is 0.272 e. The van der Waals surface area contributed by atoms with Crippen molar-refractivity contribution >= 4 is 5.91 Å². The normalized spacial score (nSPS) is 22.2. The Balaban J connectivity index is 1.33. The van der Waals surface area contributed by atoms with Gasteiger partial charge in [-0.25, -0.2) is 9.97 Å². The highest BCUT2D eigenvalue weighted by molar-refractivity contribution is 5.92. The van der Waals surface area contributed by atoms with Crippen molar-refractivity contribution in [1.29, 1.82) is 0 Å². The van der Waals surface area contributed by atoms with Gasteiger partial charge in [0.1, 0.15) is 12.0 Å². The fourth-order valence-corrected chi connectivity index (χ4v) is 3.91. The van der Waals surface area contributed by atoms with E-state index in [1.807, 2.05) is 29.4 Å². The van der Waals surface area contributed by atoms with Crippen LogP contribution in [0.5, 0.6) is 0 Å². The standard InChI is InChI=1S/C19H22N4O2/c24-18(17-3-1-2-6-22-17)23-7-4-19(5-8-23)10-16(25-13-19)9-15-11-20-14-21-12-15/h1-3,6,11-12,14,16H,4-5,7-10,13H2/t16-/m1/s1. The average Bonchev–Trinajstić information content (AvgIpc) is 3.05. The van der Waals surface area contributed by atoms with E-state index in [1.165, 1.54) is 0 Å². The fraction of sp³-hybridized carbons (Fsp3) is 0.474. The van der Waals surface area contributed by atoms with E-state index in [0.717, 1.165) is 50.9 Å². The highest BCUT2D eigenvalue weighted by Crippen LogP contribution is 2.42. The van der Waals surface area contributed by atoms with Crippen LogP contribution in [0.2, 0.25) is 0 Å². The van der Waals surface area contributed by atoms with Crippen LogP contribution in [0.15, 0.2) is 43.1 Å². The third kappa shape index (κ3) is 3.54. The predicted molar refractivity (Wildman–Crippen MR) is 91.9 cm³/mol. The van der Waals surface area contributed by atoms with Crippen molar-refractivity contribution in [1.82, 2.24) is 19.9 Å². The highest BCUT2D eigenvalue weighted by atomic mass is 16.5. The van der Waals surface area contributed by atoms with Gasteiger partial charge in [0.2, 0.25) is 0 Å². The van der Waals surface area contributed by atoms with Gasteiger partial charge in [-0.15, -0.1) is 0 Å². The maximum absolute atomic E-state index is 12.5. The molecule has 2 aromatic rings. The average molecular weight is 338 g/mol. The van der Waals surface area contributed by atoms with Crippen LogP contribution in [0.3, 0.4) is 0 Å². The number of hydrogen-bond donors (Lipinski definition) is 0. The van der Waals surface area contributed by atoms with Crippen LogP contribution in [0.1, 0.15) is 35.3 Å². The molecule has 0 unspecified atom stereocenters. The molecule has 1 spiro atoms. The third-order valence-corrected chi connectivity index (χ3v) is 5.36. The number of carbonyl (C=O) groups excluding carboxylic acids is 1. The molecule has 1 amide bonds. The van der Waals surface area contributed by atoms with E-state index < -0.39 is 0 Å². The van der Waals surface area contributed by atoms with Crippen molar-refractivity contribution in [2.75, 3.05) is 19.7 Å². The van der Waals surface area contributed by atoms with Crippen LogP contribution in [0.25, 0.3) is 0 Å². The second kappa shape index (κ2) is 6.88. The summed E-state index contributed by atoms with van der Waals surface area (Å²) in [5.74, 6) is 0.0346.